The number of methoxy groups -OCH3 is 1. The van der Waals surface area contributed by atoms with E-state index in [0.717, 1.165) is 32.3 Å². The van der Waals surface area contributed by atoms with E-state index >= 15 is 0 Å². The van der Waals surface area contributed by atoms with Crippen LogP contribution in [0.4, 0.5) is 5.82 Å². The minimum atomic E-state index is -1.05. The van der Waals surface area contributed by atoms with Crippen LogP contribution in [0.1, 0.15) is 49.6 Å². The molecule has 6 aromatic rings. The molecule has 8 rings (SSSR count). The van der Waals surface area contributed by atoms with Crippen LogP contribution < -0.4 is 15.2 Å². The third kappa shape index (κ3) is 9.72. The summed E-state index contributed by atoms with van der Waals surface area (Å²) in [5.41, 5.74) is 8.42. The number of carboxylic acids is 1. The Kier molecular flexibility index (Phi) is 14.1. The highest BCUT2D eigenvalue weighted by molar-refractivity contribution is 7.15. The number of halogens is 2. The number of hydrazine groups is 1. The van der Waals surface area contributed by atoms with Crippen molar-refractivity contribution in [2.45, 2.75) is 26.8 Å². The minimum absolute atomic E-state index is 0.0877. The number of nitrogens with one attached hydrogen (secondary N) is 2. The fraction of sp³-hybridized carbons (Fsp3) is 0.341. The van der Waals surface area contributed by atoms with E-state index in [9.17, 15) is 19.5 Å². The highest BCUT2D eigenvalue weighted by Gasteiger charge is 2.32. The number of carbonyl (C=O) groups excluding carboxylic acids is 2. The molecule has 0 bridgehead atoms. The Morgan fingerprint density at radius 2 is 1.74 bits per heavy atom. The van der Waals surface area contributed by atoms with E-state index in [0.29, 0.717) is 88.0 Å². The van der Waals surface area contributed by atoms with Crippen LogP contribution in [-0.4, -0.2) is 137 Å². The Morgan fingerprint density at radius 1 is 0.985 bits per heavy atom. The number of aromatic carboxylic acids is 1. The number of nitrogens with zero attached hydrogens (tertiary/aromatic N) is 8. The van der Waals surface area contributed by atoms with Crippen molar-refractivity contribution in [3.8, 4) is 22.0 Å². The normalized spacial score (nSPS) is 14.8. The molecule has 1 unspecified atom stereocenters. The number of anilines is 1. The van der Waals surface area contributed by atoms with Gasteiger partial charge >= 0.3 is 5.97 Å². The number of aromatic nitrogens is 5. The molecule has 1 saturated heterocycles. The summed E-state index contributed by atoms with van der Waals surface area (Å²) < 4.78 is 18.9. The van der Waals surface area contributed by atoms with E-state index < -0.39 is 12.0 Å². The molecule has 0 radical (unpaired) electrons. The van der Waals surface area contributed by atoms with E-state index in [-0.39, 0.29) is 51.0 Å². The molecule has 340 valence electrons. The number of hydrogen-bond donors (Lipinski definition) is 3. The van der Waals surface area contributed by atoms with E-state index in [4.69, 9.17) is 52.2 Å². The van der Waals surface area contributed by atoms with Gasteiger partial charge in [-0.05, 0) is 62.7 Å². The molecule has 21 heteroatoms. The molecule has 6 heterocycles. The number of fused-ring (bicyclic) bond motifs is 4. The zero-order chi connectivity index (χ0) is 45.8. The molecule has 0 saturated carbocycles. The zero-order valence-electron chi connectivity index (χ0n) is 36.0. The average molecular weight is 946 g/mol. The number of aryl methyl sites for hydroxylation is 2. The zero-order valence-corrected chi connectivity index (χ0v) is 38.3. The first kappa shape index (κ1) is 45.6. The van der Waals surface area contributed by atoms with E-state index in [1.165, 1.54) is 18.3 Å². The maximum absolute atomic E-state index is 13.0. The smallest absolute Gasteiger partial charge is 0.337 e. The summed E-state index contributed by atoms with van der Waals surface area (Å²) >= 11 is 14.5. The van der Waals surface area contributed by atoms with Gasteiger partial charge in [-0.3, -0.25) is 29.0 Å². The van der Waals surface area contributed by atoms with E-state index in [2.05, 4.69) is 39.5 Å². The summed E-state index contributed by atoms with van der Waals surface area (Å²) in [6.07, 6.45) is 2.06. The van der Waals surface area contributed by atoms with Crippen molar-refractivity contribution < 1.29 is 38.5 Å². The fourth-order valence-corrected chi connectivity index (χ4v) is 9.39. The number of aliphatic imine (C=N–C) groups is 1. The second-order valence-corrected chi connectivity index (χ2v) is 17.3. The molecule has 0 spiro atoms. The van der Waals surface area contributed by atoms with Gasteiger partial charge in [0.2, 0.25) is 18.2 Å². The molecule has 18 nitrogen and oxygen atoms in total. The van der Waals surface area contributed by atoms with Gasteiger partial charge in [0.05, 0.1) is 56.4 Å². The summed E-state index contributed by atoms with van der Waals surface area (Å²) in [6.45, 7) is 8.88. The Hall–Kier alpha value is -5.93. The van der Waals surface area contributed by atoms with E-state index in [1.54, 1.807) is 28.4 Å². The summed E-state index contributed by atoms with van der Waals surface area (Å²) in [5.74, 6) is 1.15. The van der Waals surface area contributed by atoms with Crippen LogP contribution in [0.2, 0.25) is 10.0 Å². The molecule has 1 fully saturated rings. The highest BCUT2D eigenvalue weighted by Crippen LogP contribution is 2.40. The van der Waals surface area contributed by atoms with Crippen molar-refractivity contribution >= 4 is 75.3 Å². The van der Waals surface area contributed by atoms with Crippen molar-refractivity contribution in [3.63, 3.8) is 0 Å². The molecule has 2 aliphatic heterocycles. The van der Waals surface area contributed by atoms with E-state index in [1.807, 2.05) is 47.9 Å². The van der Waals surface area contributed by atoms with Crippen molar-refractivity contribution in [3.05, 3.63) is 104 Å². The van der Waals surface area contributed by atoms with Crippen molar-refractivity contribution in [1.29, 1.82) is 0 Å². The number of ether oxygens (including phenoxy) is 3. The molecule has 65 heavy (non-hydrogen) atoms. The number of benzene rings is 2. The number of thiophene rings is 1. The van der Waals surface area contributed by atoms with Crippen LogP contribution in [-0.2, 0) is 23.9 Å². The van der Waals surface area contributed by atoms with Gasteiger partial charge < -0.3 is 34.1 Å². The predicted molar refractivity (Wildman–Crippen MR) is 246 cm³/mol. The third-order valence-corrected chi connectivity index (χ3v) is 13.0. The topological polar surface area (TPSA) is 202 Å². The summed E-state index contributed by atoms with van der Waals surface area (Å²) in [7, 11) is 1.52. The first-order chi connectivity index (χ1) is 31.4. The molecule has 1 atom stereocenters. The number of amides is 2. The maximum atomic E-state index is 13.0. The Morgan fingerprint density at radius 3 is 2.48 bits per heavy atom. The molecule has 4 aromatic heterocycles. The Bertz CT molecular complexity index is 2750. The Labute approximate surface area is 387 Å². The Balaban J connectivity index is 0.765. The molecule has 2 aromatic carbocycles. The molecule has 0 aliphatic carbocycles. The lowest BCUT2D eigenvalue weighted by molar-refractivity contribution is -0.143. The molecule has 3 N–H and O–H groups in total. The van der Waals surface area contributed by atoms with Gasteiger partial charge in [0.15, 0.2) is 5.82 Å². The third-order valence-electron chi connectivity index (χ3n) is 11.2. The van der Waals surface area contributed by atoms with Crippen molar-refractivity contribution in [2.75, 3.05) is 77.8 Å². The predicted octanol–water partition coefficient (Wildman–Crippen LogP) is 5.98. The number of H-pyrrole nitrogens is 1. The van der Waals surface area contributed by atoms with Gasteiger partial charge in [0.25, 0.3) is 0 Å². The highest BCUT2D eigenvalue weighted by atomic mass is 35.5. The lowest BCUT2D eigenvalue weighted by Crippen LogP contribution is -2.50. The van der Waals surface area contributed by atoms with Crippen LogP contribution in [0, 0.1) is 20.8 Å². The molecular weight excluding hydrogens is 900 g/mol. The van der Waals surface area contributed by atoms with Gasteiger partial charge in [-0.1, -0.05) is 35.3 Å². The first-order valence-electron chi connectivity index (χ1n) is 20.7. The number of hydrogen-bond acceptors (Lipinski definition) is 14. The second-order valence-electron chi connectivity index (χ2n) is 15.2. The standard InChI is InChI=1S/C44H46Cl2N10O8S/c1-25-26(2)65-43-39(25)40(28-5-7-29(45)8-6-28)48-36(41-51-50-27(3)56(41)43)22-55(24-57)52-64-18-17-62-15-16-63-23-38(58)54-13-11-53(12-14-54)37-10-9-30(42(49-37)61-4)31-19-32-33(44(59)60)21-47-35(32)20-34(31)46/h5-10,19-21,24,36,47,52H,11-18,22-23H2,1-4H3,(H,59,60). The van der Waals surface area contributed by atoms with Gasteiger partial charge in [-0.15, -0.1) is 27.1 Å². The quantitative estimate of drug-likeness (QED) is 0.0517. The molecule has 2 amide bonds. The number of pyridine rings is 1. The SMILES string of the molecule is COc1nc(N2CCN(C(=O)COCCOCCONN(C=O)CC3N=C(c4ccc(Cl)cc4)c4c(sc(C)c4C)-n4c(C)nnc43)CC2)ccc1-c1cc2c(C(=O)O)c[nH]c2cc1Cl. The minimum Gasteiger partial charge on any atom is -0.480 e. The number of carboxylic acid groups (broad SMARTS) is 1. The average Bonchev–Trinajstić information content (AvgIpc) is 3.97. The lowest BCUT2D eigenvalue weighted by atomic mass is 10.00. The van der Waals surface area contributed by atoms with Crippen LogP contribution in [0.5, 0.6) is 5.88 Å². The summed E-state index contributed by atoms with van der Waals surface area (Å²) in [5, 5.41) is 22.3. The van der Waals surface area contributed by atoms with Crippen LogP contribution in [0.3, 0.4) is 0 Å². The first-order valence-corrected chi connectivity index (χ1v) is 22.3. The largest absolute Gasteiger partial charge is 0.480 e. The van der Waals surface area contributed by atoms with Crippen LogP contribution in [0.25, 0.3) is 27.0 Å². The number of carbonyl (C=O) groups is 3. The van der Waals surface area contributed by atoms with Gasteiger partial charge in [-0.25, -0.2) is 4.79 Å². The van der Waals surface area contributed by atoms with Crippen LogP contribution in [0.15, 0.2) is 59.7 Å². The van der Waals surface area contributed by atoms with Gasteiger partial charge in [-0.2, -0.15) is 4.98 Å². The summed E-state index contributed by atoms with van der Waals surface area (Å²) in [4.78, 5) is 60.3. The molecular formula is C44H46Cl2N10O8S. The van der Waals surface area contributed by atoms with Gasteiger partial charge in [0, 0.05) is 75.4 Å². The number of rotatable bonds is 18. The van der Waals surface area contributed by atoms with Crippen molar-refractivity contribution in [2.24, 2.45) is 4.99 Å². The van der Waals surface area contributed by atoms with Crippen molar-refractivity contribution in [1.82, 2.24) is 40.2 Å². The fourth-order valence-electron chi connectivity index (χ4n) is 7.78. The summed E-state index contributed by atoms with van der Waals surface area (Å²) in [6, 6.07) is 14.1. The van der Waals surface area contributed by atoms with Gasteiger partial charge in [0.1, 0.15) is 29.3 Å². The van der Waals surface area contributed by atoms with Crippen LogP contribution >= 0.6 is 34.5 Å². The number of piperazine rings is 1. The maximum Gasteiger partial charge on any atom is 0.337 e. The second kappa shape index (κ2) is 20.1. The monoisotopic (exact) mass is 944 g/mol. The molecule has 2 aliphatic rings. The number of aromatic amines is 1. The lowest BCUT2D eigenvalue weighted by Gasteiger charge is -2.35.